The number of hydrogen-bond acceptors (Lipinski definition) is 4. The van der Waals surface area contributed by atoms with E-state index in [4.69, 9.17) is 0 Å². The lowest BCUT2D eigenvalue weighted by molar-refractivity contribution is -0.306. The SMILES string of the molecule is C[C@H](CCC(=O)[O-])C1CCC2C3CCC4CC(O)CCC4(C)C3CC(O)C21C. The van der Waals surface area contributed by atoms with Crippen LogP contribution in [-0.4, -0.2) is 28.4 Å². The van der Waals surface area contributed by atoms with Crippen molar-refractivity contribution in [2.24, 2.45) is 46.3 Å². The summed E-state index contributed by atoms with van der Waals surface area (Å²) in [5, 5.41) is 32.6. The number of aliphatic hydroxyl groups is 2. The van der Waals surface area contributed by atoms with Crippen LogP contribution in [0.1, 0.15) is 85.0 Å². The Morgan fingerprint density at radius 2 is 1.82 bits per heavy atom. The highest BCUT2D eigenvalue weighted by Gasteiger charge is 2.63. The van der Waals surface area contributed by atoms with E-state index in [0.29, 0.717) is 41.9 Å². The van der Waals surface area contributed by atoms with Crippen LogP contribution in [0.2, 0.25) is 0 Å². The van der Waals surface area contributed by atoms with Gasteiger partial charge in [0.2, 0.25) is 0 Å². The fourth-order valence-electron chi connectivity index (χ4n) is 8.71. The molecule has 0 aromatic carbocycles. The molecule has 4 rings (SSSR count). The lowest BCUT2D eigenvalue weighted by Crippen LogP contribution is -2.58. The Labute approximate surface area is 170 Å². The van der Waals surface area contributed by atoms with Crippen molar-refractivity contribution in [3.63, 3.8) is 0 Å². The smallest absolute Gasteiger partial charge is 0.0602 e. The lowest BCUT2D eigenvalue weighted by atomic mass is 9.43. The molecule has 160 valence electrons. The van der Waals surface area contributed by atoms with Gasteiger partial charge in [0.15, 0.2) is 0 Å². The van der Waals surface area contributed by atoms with Gasteiger partial charge in [-0.2, -0.15) is 0 Å². The molecule has 2 N–H and O–H groups in total. The largest absolute Gasteiger partial charge is 0.550 e. The summed E-state index contributed by atoms with van der Waals surface area (Å²) in [6.45, 7) is 6.94. The van der Waals surface area contributed by atoms with Gasteiger partial charge in [0.1, 0.15) is 0 Å². The van der Waals surface area contributed by atoms with Crippen molar-refractivity contribution in [3.05, 3.63) is 0 Å². The molecule has 9 unspecified atom stereocenters. The zero-order valence-corrected chi connectivity index (χ0v) is 17.9. The molecular weight excluding hydrogens is 352 g/mol. The second-order valence-corrected chi connectivity index (χ2v) is 11.3. The second kappa shape index (κ2) is 7.27. The van der Waals surface area contributed by atoms with E-state index in [-0.39, 0.29) is 29.5 Å². The third-order valence-corrected chi connectivity index (χ3v) is 10.3. The van der Waals surface area contributed by atoms with Gasteiger partial charge in [0.25, 0.3) is 0 Å². The van der Waals surface area contributed by atoms with Crippen LogP contribution in [0.4, 0.5) is 0 Å². The predicted molar refractivity (Wildman–Crippen MR) is 106 cm³/mol. The third kappa shape index (κ3) is 3.05. The maximum Gasteiger partial charge on any atom is 0.0602 e. The molecule has 4 fully saturated rings. The Kier molecular flexibility index (Phi) is 5.36. The normalized spacial score (nSPS) is 51.7. The maximum atomic E-state index is 11.5. The molecule has 0 radical (unpaired) electrons. The Bertz CT molecular complexity index is 605. The van der Waals surface area contributed by atoms with Crippen molar-refractivity contribution in [2.45, 2.75) is 97.2 Å². The van der Waals surface area contributed by atoms with Crippen molar-refractivity contribution in [1.82, 2.24) is 0 Å². The van der Waals surface area contributed by atoms with Crippen molar-refractivity contribution >= 4 is 5.97 Å². The van der Waals surface area contributed by atoms with E-state index >= 15 is 0 Å². The number of carboxylic acid groups (broad SMARTS) is 1. The minimum Gasteiger partial charge on any atom is -0.550 e. The standard InChI is InChI=1S/C24H40O4/c1-14(4-9-22(27)28)18-7-8-19-17-6-5-15-12-16(25)10-11-23(15,2)20(17)13-21(26)24(18,19)3/h14-21,25-26H,4-13H2,1-3H3,(H,27,28)/p-1/t14-,15?,16?,17?,18?,19?,20?,21?,23?,24?/m1/s1. The van der Waals surface area contributed by atoms with Gasteiger partial charge in [-0.3, -0.25) is 0 Å². The number of hydrogen-bond donors (Lipinski definition) is 2. The van der Waals surface area contributed by atoms with Crippen LogP contribution in [0.15, 0.2) is 0 Å². The highest BCUT2D eigenvalue weighted by Crippen LogP contribution is 2.68. The third-order valence-electron chi connectivity index (χ3n) is 10.3. The first-order valence-electron chi connectivity index (χ1n) is 11.7. The quantitative estimate of drug-likeness (QED) is 0.771. The van der Waals surface area contributed by atoms with Gasteiger partial charge >= 0.3 is 0 Å². The molecule has 0 spiro atoms. The Morgan fingerprint density at radius 1 is 1.07 bits per heavy atom. The molecular formula is C24H39O4-. The number of carboxylic acids is 1. The van der Waals surface area contributed by atoms with E-state index in [2.05, 4.69) is 20.8 Å². The summed E-state index contributed by atoms with van der Waals surface area (Å²) >= 11 is 0. The van der Waals surface area contributed by atoms with E-state index in [1.165, 1.54) is 19.3 Å². The van der Waals surface area contributed by atoms with E-state index < -0.39 is 5.97 Å². The van der Waals surface area contributed by atoms with Gasteiger partial charge < -0.3 is 20.1 Å². The summed E-state index contributed by atoms with van der Waals surface area (Å²) in [6.07, 6.45) is 8.98. The second-order valence-electron chi connectivity index (χ2n) is 11.3. The van der Waals surface area contributed by atoms with Gasteiger partial charge in [0.05, 0.1) is 12.2 Å². The monoisotopic (exact) mass is 391 g/mol. The fraction of sp³-hybridized carbons (Fsp3) is 0.958. The zero-order chi connectivity index (χ0) is 20.3. The van der Waals surface area contributed by atoms with Crippen LogP contribution in [0, 0.1) is 46.3 Å². The molecule has 4 saturated carbocycles. The first-order chi connectivity index (χ1) is 13.2. The number of aliphatic hydroxyl groups excluding tert-OH is 2. The van der Waals surface area contributed by atoms with Gasteiger partial charge in [0, 0.05) is 5.97 Å². The summed E-state index contributed by atoms with van der Waals surface area (Å²) in [4.78, 5) is 10.9. The highest BCUT2D eigenvalue weighted by atomic mass is 16.4. The van der Waals surface area contributed by atoms with E-state index in [1.807, 2.05) is 0 Å². The van der Waals surface area contributed by atoms with Gasteiger partial charge in [-0.05, 0) is 111 Å². The first kappa shape index (κ1) is 20.7. The summed E-state index contributed by atoms with van der Waals surface area (Å²) in [7, 11) is 0. The van der Waals surface area contributed by atoms with Gasteiger partial charge in [-0.15, -0.1) is 0 Å². The number of carbonyl (C=O) groups excluding carboxylic acids is 1. The average Bonchev–Trinajstić information content (AvgIpc) is 3.00. The fourth-order valence-corrected chi connectivity index (χ4v) is 8.71. The van der Waals surface area contributed by atoms with Crippen molar-refractivity contribution in [3.8, 4) is 0 Å². The molecule has 4 aliphatic carbocycles. The van der Waals surface area contributed by atoms with Crippen LogP contribution >= 0.6 is 0 Å². The Balaban J connectivity index is 1.56. The average molecular weight is 392 g/mol. The molecule has 4 aliphatic rings. The van der Waals surface area contributed by atoms with Crippen LogP contribution in [0.25, 0.3) is 0 Å². The number of rotatable bonds is 4. The van der Waals surface area contributed by atoms with Crippen molar-refractivity contribution in [2.75, 3.05) is 0 Å². The molecule has 4 nitrogen and oxygen atoms in total. The minimum atomic E-state index is -0.957. The minimum absolute atomic E-state index is 0.0795. The first-order valence-corrected chi connectivity index (χ1v) is 11.7. The molecule has 0 saturated heterocycles. The lowest BCUT2D eigenvalue weighted by Gasteiger charge is -2.62. The van der Waals surface area contributed by atoms with Crippen LogP contribution in [0.3, 0.4) is 0 Å². The van der Waals surface area contributed by atoms with Crippen molar-refractivity contribution < 1.29 is 20.1 Å². The molecule has 0 bridgehead atoms. The molecule has 0 amide bonds. The van der Waals surface area contributed by atoms with Gasteiger partial charge in [-0.25, -0.2) is 0 Å². The summed E-state index contributed by atoms with van der Waals surface area (Å²) in [5.41, 5.74) is 0.188. The Morgan fingerprint density at radius 3 is 2.54 bits per heavy atom. The zero-order valence-electron chi connectivity index (χ0n) is 17.9. The molecule has 28 heavy (non-hydrogen) atoms. The maximum absolute atomic E-state index is 11.5. The molecule has 0 aliphatic heterocycles. The van der Waals surface area contributed by atoms with E-state index in [9.17, 15) is 20.1 Å². The Hall–Kier alpha value is -0.610. The molecule has 0 aromatic rings. The van der Waals surface area contributed by atoms with E-state index in [1.54, 1.807) is 0 Å². The van der Waals surface area contributed by atoms with Crippen LogP contribution in [-0.2, 0) is 4.79 Å². The predicted octanol–water partition coefficient (Wildman–Crippen LogP) is 3.14. The van der Waals surface area contributed by atoms with Crippen LogP contribution in [0.5, 0.6) is 0 Å². The number of fused-ring (bicyclic) bond motifs is 5. The van der Waals surface area contributed by atoms with E-state index in [0.717, 1.165) is 32.1 Å². The number of carbonyl (C=O) groups is 1. The van der Waals surface area contributed by atoms with Crippen LogP contribution < -0.4 is 5.11 Å². The van der Waals surface area contributed by atoms with Crippen molar-refractivity contribution in [1.29, 1.82) is 0 Å². The summed E-state index contributed by atoms with van der Waals surface area (Å²) < 4.78 is 0. The summed E-state index contributed by atoms with van der Waals surface area (Å²) in [5.74, 6) is 2.19. The molecule has 10 atom stereocenters. The number of aliphatic carboxylic acids is 1. The highest BCUT2D eigenvalue weighted by molar-refractivity contribution is 5.64. The topological polar surface area (TPSA) is 80.6 Å². The molecule has 4 heteroatoms. The van der Waals surface area contributed by atoms with Gasteiger partial charge in [-0.1, -0.05) is 20.8 Å². The molecule has 0 heterocycles. The molecule has 0 aromatic heterocycles. The summed E-state index contributed by atoms with van der Waals surface area (Å²) in [6, 6.07) is 0.